The van der Waals surface area contributed by atoms with Crippen molar-refractivity contribution in [3.05, 3.63) is 35.5 Å². The number of fused-ring (bicyclic) bond motifs is 1. The zero-order valence-corrected chi connectivity index (χ0v) is 13.2. The number of amides is 1. The molecule has 23 heavy (non-hydrogen) atoms. The van der Waals surface area contributed by atoms with E-state index in [4.69, 9.17) is 9.26 Å². The Bertz CT molecular complexity index is 732. The Morgan fingerprint density at radius 3 is 2.96 bits per heavy atom. The monoisotopic (exact) mass is 312 g/mol. The van der Waals surface area contributed by atoms with Crippen LogP contribution in [0, 0.1) is 0 Å². The number of likely N-dealkylation sites (tertiary alicyclic amines) is 1. The lowest BCUT2D eigenvalue weighted by Gasteiger charge is -2.13. The number of aromatic nitrogens is 1. The van der Waals surface area contributed by atoms with Gasteiger partial charge < -0.3 is 14.2 Å². The SMILES string of the molecule is CC1Cc2cc(-c3cc(CC(=O)N4CCCC4)no3)ccc2O1. The summed E-state index contributed by atoms with van der Waals surface area (Å²) in [6, 6.07) is 7.91. The molecular weight excluding hydrogens is 292 g/mol. The lowest BCUT2D eigenvalue weighted by molar-refractivity contribution is -0.129. The van der Waals surface area contributed by atoms with Gasteiger partial charge in [-0.25, -0.2) is 0 Å². The molecule has 1 amide bonds. The van der Waals surface area contributed by atoms with Crippen LogP contribution in [0.2, 0.25) is 0 Å². The van der Waals surface area contributed by atoms with Crippen molar-refractivity contribution in [1.29, 1.82) is 0 Å². The Hall–Kier alpha value is -2.30. The summed E-state index contributed by atoms with van der Waals surface area (Å²) >= 11 is 0. The van der Waals surface area contributed by atoms with E-state index in [9.17, 15) is 4.79 Å². The van der Waals surface area contributed by atoms with Crippen molar-refractivity contribution >= 4 is 5.91 Å². The highest BCUT2D eigenvalue weighted by Crippen LogP contribution is 2.33. The van der Waals surface area contributed by atoms with Gasteiger partial charge in [0.1, 0.15) is 11.9 Å². The summed E-state index contributed by atoms with van der Waals surface area (Å²) in [5.41, 5.74) is 2.87. The summed E-state index contributed by atoms with van der Waals surface area (Å²) in [5.74, 6) is 1.79. The second kappa shape index (κ2) is 5.72. The second-order valence-corrected chi connectivity index (χ2v) is 6.40. The summed E-state index contributed by atoms with van der Waals surface area (Å²) < 4.78 is 11.2. The zero-order valence-electron chi connectivity index (χ0n) is 13.2. The third-order valence-corrected chi connectivity index (χ3v) is 4.53. The Morgan fingerprint density at radius 2 is 2.13 bits per heavy atom. The quantitative estimate of drug-likeness (QED) is 0.874. The van der Waals surface area contributed by atoms with Crippen molar-refractivity contribution in [2.45, 2.75) is 38.7 Å². The highest BCUT2D eigenvalue weighted by Gasteiger charge is 2.22. The number of nitrogens with zero attached hydrogens (tertiary/aromatic N) is 2. The Morgan fingerprint density at radius 1 is 1.30 bits per heavy atom. The van der Waals surface area contributed by atoms with Crippen molar-refractivity contribution in [2.24, 2.45) is 0 Å². The van der Waals surface area contributed by atoms with E-state index in [1.54, 1.807) is 0 Å². The van der Waals surface area contributed by atoms with Crippen LogP contribution in [0.3, 0.4) is 0 Å². The molecule has 1 unspecified atom stereocenters. The van der Waals surface area contributed by atoms with Crippen LogP contribution in [0.15, 0.2) is 28.8 Å². The molecule has 1 aromatic heterocycles. The maximum Gasteiger partial charge on any atom is 0.228 e. The van der Waals surface area contributed by atoms with E-state index >= 15 is 0 Å². The van der Waals surface area contributed by atoms with E-state index in [1.807, 2.05) is 23.1 Å². The van der Waals surface area contributed by atoms with Crippen molar-refractivity contribution in [1.82, 2.24) is 10.1 Å². The molecule has 0 spiro atoms. The molecule has 120 valence electrons. The number of hydrogen-bond acceptors (Lipinski definition) is 4. The van der Waals surface area contributed by atoms with Gasteiger partial charge in [0.15, 0.2) is 5.76 Å². The minimum absolute atomic E-state index is 0.138. The number of ether oxygens (including phenoxy) is 1. The van der Waals surface area contributed by atoms with E-state index < -0.39 is 0 Å². The molecule has 0 aliphatic carbocycles. The van der Waals surface area contributed by atoms with Crippen LogP contribution in [-0.4, -0.2) is 35.2 Å². The fraction of sp³-hybridized carbons (Fsp3) is 0.444. The summed E-state index contributed by atoms with van der Waals surface area (Å²) in [7, 11) is 0. The average molecular weight is 312 g/mol. The van der Waals surface area contributed by atoms with Crippen molar-refractivity contribution < 1.29 is 14.1 Å². The summed E-state index contributed by atoms with van der Waals surface area (Å²) in [5, 5.41) is 4.06. The summed E-state index contributed by atoms with van der Waals surface area (Å²) in [4.78, 5) is 14.1. The Balaban J connectivity index is 1.50. The molecule has 1 fully saturated rings. The maximum atomic E-state index is 12.2. The van der Waals surface area contributed by atoms with Crippen molar-refractivity contribution in [2.75, 3.05) is 13.1 Å². The summed E-state index contributed by atoms with van der Waals surface area (Å²) in [6.45, 7) is 3.80. The van der Waals surface area contributed by atoms with Crippen molar-refractivity contribution in [3.63, 3.8) is 0 Å². The van der Waals surface area contributed by atoms with E-state index in [2.05, 4.69) is 18.1 Å². The average Bonchev–Trinajstić information content (AvgIpc) is 3.26. The number of carbonyl (C=O) groups excluding carboxylic acids is 1. The topological polar surface area (TPSA) is 55.6 Å². The molecule has 3 heterocycles. The van der Waals surface area contributed by atoms with Crippen LogP contribution >= 0.6 is 0 Å². The molecule has 0 bridgehead atoms. The third-order valence-electron chi connectivity index (χ3n) is 4.53. The van der Waals surface area contributed by atoms with Crippen LogP contribution in [-0.2, 0) is 17.6 Å². The minimum Gasteiger partial charge on any atom is -0.490 e. The molecular formula is C18H20N2O3. The molecule has 1 atom stereocenters. The lowest BCUT2D eigenvalue weighted by Crippen LogP contribution is -2.29. The molecule has 0 radical (unpaired) electrons. The third kappa shape index (κ3) is 2.83. The van der Waals surface area contributed by atoms with E-state index in [1.165, 1.54) is 5.56 Å². The first-order valence-corrected chi connectivity index (χ1v) is 8.22. The predicted molar refractivity (Wildman–Crippen MR) is 85.3 cm³/mol. The number of carbonyl (C=O) groups is 1. The molecule has 1 aromatic carbocycles. The maximum absolute atomic E-state index is 12.2. The standard InChI is InChI=1S/C18H20N2O3/c1-12-8-14-9-13(4-5-16(14)22-12)17-10-15(19-23-17)11-18(21)20-6-2-3-7-20/h4-5,9-10,12H,2-3,6-8,11H2,1H3. The lowest BCUT2D eigenvalue weighted by atomic mass is 10.1. The van der Waals surface area contributed by atoms with Crippen LogP contribution in [0.25, 0.3) is 11.3 Å². The second-order valence-electron chi connectivity index (χ2n) is 6.40. The van der Waals surface area contributed by atoms with Crippen LogP contribution in [0.5, 0.6) is 5.75 Å². The van der Waals surface area contributed by atoms with Gasteiger partial charge in [-0.2, -0.15) is 0 Å². The minimum atomic E-state index is 0.138. The van der Waals surface area contributed by atoms with Gasteiger partial charge in [0.05, 0.1) is 12.1 Å². The fourth-order valence-electron chi connectivity index (χ4n) is 3.34. The summed E-state index contributed by atoms with van der Waals surface area (Å²) in [6.07, 6.45) is 3.66. The van der Waals surface area contributed by atoms with E-state index in [0.29, 0.717) is 17.9 Å². The van der Waals surface area contributed by atoms with E-state index in [-0.39, 0.29) is 12.0 Å². The van der Waals surface area contributed by atoms with Crippen LogP contribution < -0.4 is 4.74 Å². The van der Waals surface area contributed by atoms with Gasteiger partial charge in [0, 0.05) is 31.1 Å². The van der Waals surface area contributed by atoms with Gasteiger partial charge in [-0.05, 0) is 43.5 Å². The fourth-order valence-corrected chi connectivity index (χ4v) is 3.34. The molecule has 2 aliphatic heterocycles. The van der Waals surface area contributed by atoms with Gasteiger partial charge >= 0.3 is 0 Å². The van der Waals surface area contributed by atoms with E-state index in [0.717, 1.165) is 43.7 Å². The van der Waals surface area contributed by atoms with Gasteiger partial charge in [-0.15, -0.1) is 0 Å². The molecule has 5 nitrogen and oxygen atoms in total. The van der Waals surface area contributed by atoms with Gasteiger partial charge in [-0.1, -0.05) is 5.16 Å². The largest absolute Gasteiger partial charge is 0.490 e. The highest BCUT2D eigenvalue weighted by atomic mass is 16.5. The predicted octanol–water partition coefficient (Wildman–Crippen LogP) is 2.83. The number of hydrogen-bond donors (Lipinski definition) is 0. The first-order chi connectivity index (χ1) is 11.2. The molecule has 2 aromatic rings. The molecule has 4 rings (SSSR count). The van der Waals surface area contributed by atoms with Gasteiger partial charge in [-0.3, -0.25) is 4.79 Å². The normalized spacial score (nSPS) is 19.7. The van der Waals surface area contributed by atoms with Gasteiger partial charge in [0.25, 0.3) is 0 Å². The number of rotatable bonds is 3. The molecule has 0 saturated carbocycles. The Labute approximate surface area is 135 Å². The van der Waals surface area contributed by atoms with Crippen molar-refractivity contribution in [3.8, 4) is 17.1 Å². The molecule has 5 heteroatoms. The van der Waals surface area contributed by atoms with Gasteiger partial charge in [0.2, 0.25) is 5.91 Å². The molecule has 1 saturated heterocycles. The highest BCUT2D eigenvalue weighted by molar-refractivity contribution is 5.79. The smallest absolute Gasteiger partial charge is 0.228 e. The Kier molecular flexibility index (Phi) is 3.56. The first-order valence-electron chi connectivity index (χ1n) is 8.22. The molecule has 0 N–H and O–H groups in total. The van der Waals surface area contributed by atoms with Crippen LogP contribution in [0.4, 0.5) is 0 Å². The number of benzene rings is 1. The van der Waals surface area contributed by atoms with Crippen LogP contribution in [0.1, 0.15) is 31.0 Å². The zero-order chi connectivity index (χ0) is 15.8. The first kappa shape index (κ1) is 14.3. The molecule has 2 aliphatic rings.